The summed E-state index contributed by atoms with van der Waals surface area (Å²) in [5.41, 5.74) is 2.97. The average Bonchev–Trinajstić information content (AvgIpc) is 2.27. The maximum absolute atomic E-state index is 9.67. The fourth-order valence-corrected chi connectivity index (χ4v) is 1.91. The molecule has 1 aromatic carbocycles. The van der Waals surface area contributed by atoms with Gasteiger partial charge in [0.15, 0.2) is 0 Å². The molecular formula is C15H17NO2. The summed E-state index contributed by atoms with van der Waals surface area (Å²) in [6.07, 6.45) is 1.06. The van der Waals surface area contributed by atoms with E-state index in [0.29, 0.717) is 11.4 Å². The standard InChI is InChI=1S/C15H17NO2/c1-10-7-11(2)9-13(8-10)18-15-14(12(3)17)5-4-6-16-15/h4-9,12,17H,1-3H3/t12-/m0/s1. The van der Waals surface area contributed by atoms with Crippen LogP contribution in [0.2, 0.25) is 0 Å². The van der Waals surface area contributed by atoms with Gasteiger partial charge in [-0.2, -0.15) is 0 Å². The fourth-order valence-electron chi connectivity index (χ4n) is 1.91. The first-order valence-electron chi connectivity index (χ1n) is 5.95. The van der Waals surface area contributed by atoms with Gasteiger partial charge < -0.3 is 9.84 Å². The minimum atomic E-state index is -0.598. The molecular weight excluding hydrogens is 226 g/mol. The Morgan fingerprint density at radius 3 is 2.44 bits per heavy atom. The first-order chi connectivity index (χ1) is 8.56. The molecule has 0 unspecified atom stereocenters. The predicted octanol–water partition coefficient (Wildman–Crippen LogP) is 3.54. The van der Waals surface area contributed by atoms with E-state index in [-0.39, 0.29) is 0 Å². The molecule has 3 heteroatoms. The summed E-state index contributed by atoms with van der Waals surface area (Å²) in [6.45, 7) is 5.74. The zero-order valence-corrected chi connectivity index (χ0v) is 10.8. The summed E-state index contributed by atoms with van der Waals surface area (Å²) in [5.74, 6) is 1.20. The third-order valence-electron chi connectivity index (χ3n) is 2.66. The number of hydrogen-bond donors (Lipinski definition) is 1. The molecule has 0 saturated heterocycles. The second-order valence-corrected chi connectivity index (χ2v) is 4.50. The lowest BCUT2D eigenvalue weighted by Gasteiger charge is -2.12. The second kappa shape index (κ2) is 5.19. The fraction of sp³-hybridized carbons (Fsp3) is 0.267. The number of benzene rings is 1. The Morgan fingerprint density at radius 1 is 1.17 bits per heavy atom. The molecule has 0 aliphatic heterocycles. The van der Waals surface area contributed by atoms with Crippen LogP contribution >= 0.6 is 0 Å². The van der Waals surface area contributed by atoms with Crippen LogP contribution in [-0.2, 0) is 0 Å². The Morgan fingerprint density at radius 2 is 1.83 bits per heavy atom. The van der Waals surface area contributed by atoms with Crippen LogP contribution in [0.25, 0.3) is 0 Å². The van der Waals surface area contributed by atoms with E-state index in [0.717, 1.165) is 16.9 Å². The van der Waals surface area contributed by atoms with Gasteiger partial charge in [0, 0.05) is 11.8 Å². The third-order valence-corrected chi connectivity index (χ3v) is 2.66. The van der Waals surface area contributed by atoms with Gasteiger partial charge >= 0.3 is 0 Å². The van der Waals surface area contributed by atoms with Crippen LogP contribution < -0.4 is 4.74 Å². The minimum absolute atomic E-state index is 0.456. The molecule has 18 heavy (non-hydrogen) atoms. The molecule has 0 saturated carbocycles. The van der Waals surface area contributed by atoms with E-state index in [9.17, 15) is 5.11 Å². The molecule has 0 spiro atoms. The van der Waals surface area contributed by atoms with Gasteiger partial charge in [0.2, 0.25) is 5.88 Å². The lowest BCUT2D eigenvalue weighted by molar-refractivity contribution is 0.194. The van der Waals surface area contributed by atoms with Gasteiger partial charge in [-0.1, -0.05) is 6.07 Å². The molecule has 1 N–H and O–H groups in total. The highest BCUT2D eigenvalue weighted by molar-refractivity contribution is 5.37. The van der Waals surface area contributed by atoms with Crippen LogP contribution in [0, 0.1) is 13.8 Å². The van der Waals surface area contributed by atoms with E-state index in [1.807, 2.05) is 32.0 Å². The van der Waals surface area contributed by atoms with Crippen LogP contribution in [0.5, 0.6) is 11.6 Å². The summed E-state index contributed by atoms with van der Waals surface area (Å²) in [6, 6.07) is 9.59. The Hall–Kier alpha value is -1.87. The van der Waals surface area contributed by atoms with Crippen molar-refractivity contribution in [2.75, 3.05) is 0 Å². The zero-order chi connectivity index (χ0) is 13.1. The first kappa shape index (κ1) is 12.6. The molecule has 0 aliphatic carbocycles. The van der Waals surface area contributed by atoms with Gasteiger partial charge in [0.25, 0.3) is 0 Å². The summed E-state index contributed by atoms with van der Waals surface area (Å²) < 4.78 is 5.76. The molecule has 94 valence electrons. The van der Waals surface area contributed by atoms with E-state index in [2.05, 4.69) is 11.1 Å². The topological polar surface area (TPSA) is 42.4 Å². The number of rotatable bonds is 3. The van der Waals surface area contributed by atoms with Crippen LogP contribution in [-0.4, -0.2) is 10.1 Å². The molecule has 1 atom stereocenters. The predicted molar refractivity (Wildman–Crippen MR) is 70.9 cm³/mol. The van der Waals surface area contributed by atoms with Gasteiger partial charge in [0.1, 0.15) is 5.75 Å². The average molecular weight is 243 g/mol. The van der Waals surface area contributed by atoms with Gasteiger partial charge in [-0.3, -0.25) is 0 Å². The van der Waals surface area contributed by atoms with Crippen molar-refractivity contribution < 1.29 is 9.84 Å². The SMILES string of the molecule is Cc1cc(C)cc(Oc2ncccc2[C@H](C)O)c1. The Kier molecular flexibility index (Phi) is 3.63. The molecule has 1 aromatic heterocycles. The Labute approximate surface area is 107 Å². The number of nitrogens with zero attached hydrogens (tertiary/aromatic N) is 1. The van der Waals surface area contributed by atoms with Crippen LogP contribution in [0.4, 0.5) is 0 Å². The first-order valence-corrected chi connectivity index (χ1v) is 5.95. The molecule has 2 aromatic rings. The summed E-state index contributed by atoms with van der Waals surface area (Å²) in [7, 11) is 0. The molecule has 0 radical (unpaired) electrons. The Balaban J connectivity index is 2.34. The van der Waals surface area contributed by atoms with Crippen molar-refractivity contribution in [3.8, 4) is 11.6 Å². The van der Waals surface area contributed by atoms with Crippen molar-refractivity contribution in [2.45, 2.75) is 26.9 Å². The summed E-state index contributed by atoms with van der Waals surface area (Å²) in [5, 5.41) is 9.67. The number of aliphatic hydroxyl groups excluding tert-OH is 1. The Bertz CT molecular complexity index is 530. The highest BCUT2D eigenvalue weighted by atomic mass is 16.5. The number of pyridine rings is 1. The normalized spacial score (nSPS) is 12.2. The smallest absolute Gasteiger partial charge is 0.225 e. The zero-order valence-electron chi connectivity index (χ0n) is 10.8. The third kappa shape index (κ3) is 2.87. The molecule has 1 heterocycles. The van der Waals surface area contributed by atoms with Crippen molar-refractivity contribution in [1.29, 1.82) is 0 Å². The molecule has 0 fully saturated rings. The van der Waals surface area contributed by atoms with Crippen molar-refractivity contribution in [3.63, 3.8) is 0 Å². The number of aliphatic hydroxyl groups is 1. The van der Waals surface area contributed by atoms with E-state index in [1.165, 1.54) is 0 Å². The number of ether oxygens (including phenoxy) is 1. The lowest BCUT2D eigenvalue weighted by atomic mass is 10.1. The van der Waals surface area contributed by atoms with Gasteiger partial charge in [-0.05, 0) is 56.2 Å². The van der Waals surface area contributed by atoms with Crippen molar-refractivity contribution >= 4 is 0 Å². The molecule has 0 bridgehead atoms. The molecule has 0 aliphatic rings. The van der Waals surface area contributed by atoms with E-state index in [4.69, 9.17) is 4.74 Å². The van der Waals surface area contributed by atoms with Crippen molar-refractivity contribution in [1.82, 2.24) is 4.98 Å². The maximum atomic E-state index is 9.67. The summed E-state index contributed by atoms with van der Waals surface area (Å²) >= 11 is 0. The quantitative estimate of drug-likeness (QED) is 0.896. The number of hydrogen-bond acceptors (Lipinski definition) is 3. The number of aromatic nitrogens is 1. The summed E-state index contributed by atoms with van der Waals surface area (Å²) in [4.78, 5) is 4.17. The second-order valence-electron chi connectivity index (χ2n) is 4.50. The van der Waals surface area contributed by atoms with E-state index < -0.39 is 6.10 Å². The maximum Gasteiger partial charge on any atom is 0.225 e. The monoisotopic (exact) mass is 243 g/mol. The minimum Gasteiger partial charge on any atom is -0.439 e. The molecule has 0 amide bonds. The van der Waals surface area contributed by atoms with Crippen molar-refractivity contribution in [2.24, 2.45) is 0 Å². The van der Waals surface area contributed by atoms with Crippen LogP contribution in [0.15, 0.2) is 36.5 Å². The lowest BCUT2D eigenvalue weighted by Crippen LogP contribution is -1.98. The van der Waals surface area contributed by atoms with Gasteiger partial charge in [-0.25, -0.2) is 4.98 Å². The largest absolute Gasteiger partial charge is 0.439 e. The van der Waals surface area contributed by atoms with Gasteiger partial charge in [-0.15, -0.1) is 0 Å². The number of aryl methyl sites for hydroxylation is 2. The van der Waals surface area contributed by atoms with Crippen molar-refractivity contribution in [3.05, 3.63) is 53.2 Å². The van der Waals surface area contributed by atoms with Gasteiger partial charge in [0.05, 0.1) is 6.10 Å². The van der Waals surface area contributed by atoms with E-state index in [1.54, 1.807) is 19.2 Å². The molecule has 3 nitrogen and oxygen atoms in total. The van der Waals surface area contributed by atoms with E-state index >= 15 is 0 Å². The van der Waals surface area contributed by atoms with Crippen LogP contribution in [0.1, 0.15) is 29.7 Å². The molecule has 2 rings (SSSR count). The highest BCUT2D eigenvalue weighted by Crippen LogP contribution is 2.28. The van der Waals surface area contributed by atoms with Crippen LogP contribution in [0.3, 0.4) is 0 Å². The highest BCUT2D eigenvalue weighted by Gasteiger charge is 2.10.